The van der Waals surface area contributed by atoms with E-state index in [2.05, 4.69) is 10.6 Å². The van der Waals surface area contributed by atoms with Gasteiger partial charge in [0.25, 0.3) is 0 Å². The van der Waals surface area contributed by atoms with E-state index >= 15 is 0 Å². The highest BCUT2D eigenvalue weighted by Crippen LogP contribution is 2.56. The molecule has 1 aliphatic heterocycles. The molecule has 2 atom stereocenters. The molecule has 0 bridgehead atoms. The third-order valence-corrected chi connectivity index (χ3v) is 6.44. The first kappa shape index (κ1) is 14.3. The summed E-state index contributed by atoms with van der Waals surface area (Å²) in [6.45, 7) is 1.04. The van der Waals surface area contributed by atoms with Crippen LogP contribution in [0.4, 0.5) is 4.79 Å². The molecular weight excluding hydrogens is 278 g/mol. The summed E-state index contributed by atoms with van der Waals surface area (Å²) >= 11 is 0. The summed E-state index contributed by atoms with van der Waals surface area (Å²) in [6.07, 6.45) is 10.9. The first-order valence-corrected chi connectivity index (χ1v) is 9.02. The smallest absolute Gasteiger partial charge is 0.318 e. The Morgan fingerprint density at radius 3 is 2.64 bits per heavy atom. The van der Waals surface area contributed by atoms with Gasteiger partial charge in [-0.1, -0.05) is 19.3 Å². The van der Waals surface area contributed by atoms with Crippen molar-refractivity contribution in [2.45, 2.75) is 69.9 Å². The number of urea groups is 1. The second-order valence-electron chi connectivity index (χ2n) is 7.80. The molecule has 5 nitrogen and oxygen atoms in total. The lowest BCUT2D eigenvalue weighted by Crippen LogP contribution is -2.65. The Balaban J connectivity index is 1.39. The summed E-state index contributed by atoms with van der Waals surface area (Å²) in [4.78, 5) is 26.4. The van der Waals surface area contributed by atoms with E-state index < -0.39 is 0 Å². The second kappa shape index (κ2) is 5.43. The van der Waals surface area contributed by atoms with Gasteiger partial charge < -0.3 is 15.5 Å². The second-order valence-corrected chi connectivity index (χ2v) is 7.80. The van der Waals surface area contributed by atoms with Crippen LogP contribution in [-0.2, 0) is 4.79 Å². The van der Waals surface area contributed by atoms with Gasteiger partial charge in [-0.15, -0.1) is 0 Å². The molecule has 4 aliphatic rings. The lowest BCUT2D eigenvalue weighted by atomic mass is 9.65. The van der Waals surface area contributed by atoms with E-state index in [-0.39, 0.29) is 30.6 Å². The predicted octanol–water partition coefficient (Wildman–Crippen LogP) is 2.02. The van der Waals surface area contributed by atoms with Gasteiger partial charge in [0.05, 0.1) is 6.04 Å². The monoisotopic (exact) mass is 305 g/mol. The van der Waals surface area contributed by atoms with E-state index in [1.54, 1.807) is 0 Å². The van der Waals surface area contributed by atoms with E-state index in [0.717, 1.165) is 38.1 Å². The fourth-order valence-corrected chi connectivity index (χ4v) is 4.81. The molecule has 4 rings (SSSR count). The molecule has 3 aliphatic carbocycles. The van der Waals surface area contributed by atoms with Gasteiger partial charge in [0.1, 0.15) is 6.54 Å². The van der Waals surface area contributed by atoms with Crippen LogP contribution >= 0.6 is 0 Å². The number of carbonyl (C=O) groups is 2. The maximum atomic E-state index is 12.7. The highest BCUT2D eigenvalue weighted by molar-refractivity contribution is 5.86. The van der Waals surface area contributed by atoms with Gasteiger partial charge in [0, 0.05) is 12.6 Å². The van der Waals surface area contributed by atoms with E-state index in [1.165, 1.54) is 32.1 Å². The molecule has 0 aromatic heterocycles. The average Bonchev–Trinajstić information content (AvgIpc) is 3.30. The highest BCUT2D eigenvalue weighted by Gasteiger charge is 2.49. The van der Waals surface area contributed by atoms with Crippen LogP contribution in [0.1, 0.15) is 57.8 Å². The number of rotatable bonds is 3. The quantitative estimate of drug-likeness (QED) is 0.838. The molecule has 0 aromatic carbocycles. The number of piperazine rings is 1. The van der Waals surface area contributed by atoms with Gasteiger partial charge >= 0.3 is 6.03 Å². The maximum Gasteiger partial charge on any atom is 0.318 e. The van der Waals surface area contributed by atoms with Crippen LogP contribution in [-0.4, -0.2) is 42.0 Å². The van der Waals surface area contributed by atoms with Gasteiger partial charge in [-0.05, 0) is 49.9 Å². The minimum absolute atomic E-state index is 0.00106. The SMILES string of the molecule is O=C1CN(C(=O)NCC2(C3CC3)CCC2)[C@@H]2CCCC[C@H]2N1. The molecule has 22 heavy (non-hydrogen) atoms. The largest absolute Gasteiger partial charge is 0.350 e. The Bertz CT molecular complexity index is 471. The Morgan fingerprint density at radius 1 is 1.18 bits per heavy atom. The Kier molecular flexibility index (Phi) is 3.54. The fraction of sp³-hybridized carbons (Fsp3) is 0.882. The Morgan fingerprint density at radius 2 is 1.95 bits per heavy atom. The Hall–Kier alpha value is -1.26. The summed E-state index contributed by atoms with van der Waals surface area (Å²) in [5.74, 6) is 0.840. The molecule has 5 heteroatoms. The van der Waals surface area contributed by atoms with Crippen molar-refractivity contribution in [2.24, 2.45) is 11.3 Å². The standard InChI is InChI=1S/C17H27N3O2/c21-15-10-20(14-5-2-1-4-13(14)19-15)16(22)18-11-17(8-3-9-17)12-6-7-12/h12-14H,1-11H2,(H,18,22)(H,19,21)/t13-,14-/m1/s1. The van der Waals surface area contributed by atoms with E-state index in [4.69, 9.17) is 0 Å². The average molecular weight is 305 g/mol. The van der Waals surface area contributed by atoms with E-state index in [9.17, 15) is 9.59 Å². The zero-order valence-corrected chi connectivity index (χ0v) is 13.3. The van der Waals surface area contributed by atoms with Crippen molar-refractivity contribution in [2.75, 3.05) is 13.1 Å². The van der Waals surface area contributed by atoms with E-state index in [0.29, 0.717) is 5.41 Å². The number of hydrogen-bond acceptors (Lipinski definition) is 2. The third kappa shape index (κ3) is 2.48. The molecule has 0 spiro atoms. The third-order valence-electron chi connectivity index (χ3n) is 6.44. The Labute approximate surface area is 132 Å². The van der Waals surface area contributed by atoms with Gasteiger partial charge in [-0.25, -0.2) is 4.79 Å². The summed E-state index contributed by atoms with van der Waals surface area (Å²) in [6, 6.07) is 0.352. The highest BCUT2D eigenvalue weighted by atomic mass is 16.2. The normalized spacial score (nSPS) is 33.5. The van der Waals surface area contributed by atoms with Gasteiger partial charge in [0.15, 0.2) is 0 Å². The molecule has 4 fully saturated rings. The topological polar surface area (TPSA) is 61.4 Å². The van der Waals surface area contributed by atoms with Crippen molar-refractivity contribution < 1.29 is 9.59 Å². The zero-order valence-electron chi connectivity index (χ0n) is 13.3. The van der Waals surface area contributed by atoms with Crippen LogP contribution < -0.4 is 10.6 Å². The molecule has 122 valence electrons. The summed E-state index contributed by atoms with van der Waals surface area (Å²) in [5.41, 5.74) is 0.389. The van der Waals surface area contributed by atoms with Crippen LogP contribution in [0.5, 0.6) is 0 Å². The van der Waals surface area contributed by atoms with Crippen molar-refractivity contribution in [1.29, 1.82) is 0 Å². The molecule has 0 radical (unpaired) electrons. The first-order valence-electron chi connectivity index (χ1n) is 9.02. The van der Waals surface area contributed by atoms with E-state index in [1.807, 2.05) is 4.90 Å². The van der Waals surface area contributed by atoms with Crippen LogP contribution in [0.25, 0.3) is 0 Å². The molecule has 0 unspecified atom stereocenters. The number of amides is 3. The molecule has 2 N–H and O–H groups in total. The first-order chi connectivity index (χ1) is 10.7. The molecule has 3 saturated carbocycles. The van der Waals surface area contributed by atoms with Crippen LogP contribution in [0.3, 0.4) is 0 Å². The number of carbonyl (C=O) groups excluding carboxylic acids is 2. The lowest BCUT2D eigenvalue weighted by molar-refractivity contribution is -0.126. The van der Waals surface area contributed by atoms with Gasteiger partial charge in [0.2, 0.25) is 5.91 Å². The van der Waals surface area contributed by atoms with Crippen molar-refractivity contribution >= 4 is 11.9 Å². The van der Waals surface area contributed by atoms with Crippen LogP contribution in [0.15, 0.2) is 0 Å². The predicted molar refractivity (Wildman–Crippen MR) is 83.3 cm³/mol. The molecule has 1 saturated heterocycles. The molecule has 1 heterocycles. The minimum Gasteiger partial charge on any atom is -0.350 e. The summed E-state index contributed by atoms with van der Waals surface area (Å²) < 4.78 is 0. The number of hydrogen-bond donors (Lipinski definition) is 2. The minimum atomic E-state index is -0.0151. The fourth-order valence-electron chi connectivity index (χ4n) is 4.81. The van der Waals surface area contributed by atoms with Crippen molar-refractivity contribution in [3.05, 3.63) is 0 Å². The van der Waals surface area contributed by atoms with Crippen LogP contribution in [0, 0.1) is 11.3 Å². The summed E-state index contributed by atoms with van der Waals surface area (Å²) in [7, 11) is 0. The van der Waals surface area contributed by atoms with Crippen molar-refractivity contribution in [1.82, 2.24) is 15.5 Å². The van der Waals surface area contributed by atoms with Crippen molar-refractivity contribution in [3.8, 4) is 0 Å². The molecule has 0 aromatic rings. The molecule has 3 amide bonds. The number of nitrogens with one attached hydrogen (secondary N) is 2. The lowest BCUT2D eigenvalue weighted by Gasteiger charge is -2.46. The molecular formula is C17H27N3O2. The number of nitrogens with zero attached hydrogens (tertiary/aromatic N) is 1. The van der Waals surface area contributed by atoms with Crippen LogP contribution in [0.2, 0.25) is 0 Å². The number of fused-ring (bicyclic) bond motifs is 1. The zero-order chi connectivity index (χ0) is 15.2. The van der Waals surface area contributed by atoms with Gasteiger partial charge in [-0.2, -0.15) is 0 Å². The maximum absolute atomic E-state index is 12.7. The summed E-state index contributed by atoms with van der Waals surface area (Å²) in [5, 5.41) is 6.24. The van der Waals surface area contributed by atoms with Crippen molar-refractivity contribution in [3.63, 3.8) is 0 Å². The van der Waals surface area contributed by atoms with Gasteiger partial charge in [-0.3, -0.25) is 4.79 Å².